The topological polar surface area (TPSA) is 52.3 Å². The Morgan fingerprint density at radius 1 is 1.10 bits per heavy atom. The molecule has 0 saturated carbocycles. The number of carbonyl (C=O) groups excluding carboxylic acids is 1. The number of nitrogens with two attached hydrogens (primary N) is 1. The van der Waals surface area contributed by atoms with Crippen molar-refractivity contribution in [2.75, 3.05) is 0 Å². The first-order chi connectivity index (χ1) is 9.40. The van der Waals surface area contributed by atoms with E-state index < -0.39 is 34.7 Å². The zero-order valence-electron chi connectivity index (χ0n) is 9.79. The highest BCUT2D eigenvalue weighted by atomic mass is 79.9. The zero-order chi connectivity index (χ0) is 14.9. The van der Waals surface area contributed by atoms with Crippen LogP contribution in [0.15, 0.2) is 34.8 Å². The molecule has 0 aliphatic heterocycles. The van der Waals surface area contributed by atoms with E-state index in [-0.39, 0.29) is 10.2 Å². The van der Waals surface area contributed by atoms with Gasteiger partial charge in [-0.1, -0.05) is 22.0 Å². The van der Waals surface area contributed by atoms with Crippen molar-refractivity contribution in [3.63, 3.8) is 0 Å². The van der Waals surface area contributed by atoms with Crippen molar-refractivity contribution in [1.82, 2.24) is 0 Å². The fraction of sp³-hybridized carbons (Fsp3) is 0. The second-order valence-corrected chi connectivity index (χ2v) is 4.69. The van der Waals surface area contributed by atoms with Crippen LogP contribution < -0.4 is 10.5 Å². The van der Waals surface area contributed by atoms with Gasteiger partial charge in [-0.15, -0.1) is 0 Å². The average molecular weight is 346 g/mol. The van der Waals surface area contributed by atoms with Crippen molar-refractivity contribution in [1.29, 1.82) is 0 Å². The highest BCUT2D eigenvalue weighted by Gasteiger charge is 2.18. The Morgan fingerprint density at radius 3 is 2.45 bits per heavy atom. The van der Waals surface area contributed by atoms with E-state index >= 15 is 0 Å². The smallest absolute Gasteiger partial charge is 0.255 e. The number of primary amides is 1. The van der Waals surface area contributed by atoms with E-state index in [0.29, 0.717) is 0 Å². The van der Waals surface area contributed by atoms with Crippen LogP contribution >= 0.6 is 15.9 Å². The number of rotatable bonds is 3. The van der Waals surface area contributed by atoms with Crippen LogP contribution in [0.4, 0.5) is 13.2 Å². The molecule has 0 radical (unpaired) electrons. The van der Waals surface area contributed by atoms with Gasteiger partial charge in [0.25, 0.3) is 5.91 Å². The Bertz CT molecular complexity index is 692. The largest absolute Gasteiger partial charge is 0.453 e. The molecule has 2 rings (SSSR count). The number of carbonyl (C=O) groups is 1. The first kappa shape index (κ1) is 14.4. The Balaban J connectivity index is 2.51. The fourth-order valence-corrected chi connectivity index (χ4v) is 1.96. The van der Waals surface area contributed by atoms with Gasteiger partial charge >= 0.3 is 0 Å². The highest BCUT2D eigenvalue weighted by Crippen LogP contribution is 2.32. The van der Waals surface area contributed by atoms with Crippen LogP contribution in [0.1, 0.15) is 10.4 Å². The van der Waals surface area contributed by atoms with Gasteiger partial charge in [0.1, 0.15) is 17.1 Å². The van der Waals surface area contributed by atoms with E-state index in [1.165, 1.54) is 12.1 Å². The summed E-state index contributed by atoms with van der Waals surface area (Å²) in [5.41, 5.74) is 4.50. The lowest BCUT2D eigenvalue weighted by atomic mass is 10.2. The normalized spacial score (nSPS) is 10.4. The molecule has 0 atom stereocenters. The lowest BCUT2D eigenvalue weighted by Gasteiger charge is -2.11. The second-order valence-electron chi connectivity index (χ2n) is 3.78. The first-order valence-electron chi connectivity index (χ1n) is 5.31. The molecular weight excluding hydrogens is 339 g/mol. The van der Waals surface area contributed by atoms with E-state index in [4.69, 9.17) is 10.5 Å². The highest BCUT2D eigenvalue weighted by molar-refractivity contribution is 9.10. The van der Waals surface area contributed by atoms with Crippen LogP contribution in [-0.4, -0.2) is 5.91 Å². The summed E-state index contributed by atoms with van der Waals surface area (Å²) in [5.74, 6) is -5.18. The molecule has 0 bridgehead atoms. The van der Waals surface area contributed by atoms with Gasteiger partial charge in [0.2, 0.25) is 5.82 Å². The van der Waals surface area contributed by atoms with Gasteiger partial charge in [-0.3, -0.25) is 4.79 Å². The van der Waals surface area contributed by atoms with Crippen molar-refractivity contribution >= 4 is 21.8 Å². The van der Waals surface area contributed by atoms with Crippen LogP contribution in [-0.2, 0) is 0 Å². The summed E-state index contributed by atoms with van der Waals surface area (Å²) in [6.07, 6.45) is 0. The summed E-state index contributed by atoms with van der Waals surface area (Å²) >= 11 is 2.97. The van der Waals surface area contributed by atoms with Gasteiger partial charge in [-0.2, -0.15) is 4.39 Å². The quantitative estimate of drug-likeness (QED) is 0.861. The van der Waals surface area contributed by atoms with Crippen molar-refractivity contribution < 1.29 is 22.7 Å². The predicted octanol–water partition coefficient (Wildman–Crippen LogP) is 3.76. The lowest BCUT2D eigenvalue weighted by Crippen LogP contribution is -2.14. The molecule has 2 aromatic carbocycles. The predicted molar refractivity (Wildman–Crippen MR) is 69.0 cm³/mol. The Hall–Kier alpha value is -2.02. The molecule has 0 heterocycles. The molecular formula is C13H7BrF3NO2. The van der Waals surface area contributed by atoms with Gasteiger partial charge in [-0.25, -0.2) is 8.78 Å². The minimum Gasteiger partial charge on any atom is -0.453 e. The molecule has 0 aromatic heterocycles. The standard InChI is InChI=1S/C13H7BrF3NO2/c14-6-4-8(16)12(17)10(5-6)20-9-3-1-2-7(15)11(9)13(18)19/h1-5H,(H2,18,19). The van der Waals surface area contributed by atoms with Gasteiger partial charge in [0, 0.05) is 4.47 Å². The van der Waals surface area contributed by atoms with E-state index in [1.54, 1.807) is 0 Å². The zero-order valence-corrected chi connectivity index (χ0v) is 11.4. The minimum absolute atomic E-state index is 0.225. The summed E-state index contributed by atoms with van der Waals surface area (Å²) in [5, 5.41) is 0. The number of benzene rings is 2. The monoisotopic (exact) mass is 345 g/mol. The van der Waals surface area contributed by atoms with Crippen molar-refractivity contribution in [2.45, 2.75) is 0 Å². The minimum atomic E-state index is -1.26. The van der Waals surface area contributed by atoms with Crippen LogP contribution in [0.3, 0.4) is 0 Å². The summed E-state index contributed by atoms with van der Waals surface area (Å²) in [4.78, 5) is 11.2. The maximum absolute atomic E-state index is 13.6. The molecule has 1 amide bonds. The van der Waals surface area contributed by atoms with Crippen LogP contribution in [0.25, 0.3) is 0 Å². The molecule has 3 nitrogen and oxygen atoms in total. The first-order valence-corrected chi connectivity index (χ1v) is 6.10. The van der Waals surface area contributed by atoms with Gasteiger partial charge in [-0.05, 0) is 24.3 Å². The van der Waals surface area contributed by atoms with Crippen molar-refractivity contribution in [2.24, 2.45) is 5.73 Å². The molecule has 0 saturated heterocycles. The fourth-order valence-electron chi connectivity index (χ4n) is 1.55. The van der Waals surface area contributed by atoms with Crippen molar-refractivity contribution in [3.8, 4) is 11.5 Å². The molecule has 20 heavy (non-hydrogen) atoms. The van der Waals surface area contributed by atoms with Crippen molar-refractivity contribution in [3.05, 3.63) is 57.8 Å². The van der Waals surface area contributed by atoms with E-state index in [0.717, 1.165) is 18.2 Å². The molecule has 0 unspecified atom stereocenters. The van der Waals surface area contributed by atoms with E-state index in [2.05, 4.69) is 15.9 Å². The number of hydrogen-bond donors (Lipinski definition) is 1. The van der Waals surface area contributed by atoms with Crippen LogP contribution in [0.5, 0.6) is 11.5 Å². The summed E-state index contributed by atoms with van der Waals surface area (Å²) in [6.45, 7) is 0. The molecule has 0 spiro atoms. The number of hydrogen-bond acceptors (Lipinski definition) is 2. The number of ether oxygens (including phenoxy) is 1. The second kappa shape index (κ2) is 5.54. The average Bonchev–Trinajstić information content (AvgIpc) is 2.35. The number of halogens is 4. The summed E-state index contributed by atoms with van der Waals surface area (Å²) < 4.78 is 45.6. The molecule has 0 aliphatic rings. The Morgan fingerprint density at radius 2 is 1.80 bits per heavy atom. The Kier molecular flexibility index (Phi) is 3.99. The Labute approximate surface area is 120 Å². The number of amides is 1. The van der Waals surface area contributed by atoms with Crippen LogP contribution in [0.2, 0.25) is 0 Å². The van der Waals surface area contributed by atoms with Gasteiger partial charge < -0.3 is 10.5 Å². The molecule has 2 aromatic rings. The molecule has 0 fully saturated rings. The lowest BCUT2D eigenvalue weighted by molar-refractivity contribution is 0.0994. The SMILES string of the molecule is NC(=O)c1c(F)cccc1Oc1cc(Br)cc(F)c1F. The van der Waals surface area contributed by atoms with Gasteiger partial charge in [0.05, 0.1) is 0 Å². The maximum atomic E-state index is 13.6. The maximum Gasteiger partial charge on any atom is 0.255 e. The molecule has 7 heteroatoms. The summed E-state index contributed by atoms with van der Waals surface area (Å²) in [6, 6.07) is 5.53. The third-order valence-corrected chi connectivity index (χ3v) is 2.86. The van der Waals surface area contributed by atoms with E-state index in [1.807, 2.05) is 0 Å². The summed E-state index contributed by atoms with van der Waals surface area (Å²) in [7, 11) is 0. The molecule has 0 aliphatic carbocycles. The van der Waals surface area contributed by atoms with Gasteiger partial charge in [0.15, 0.2) is 11.6 Å². The molecule has 2 N–H and O–H groups in total. The third-order valence-electron chi connectivity index (χ3n) is 2.40. The third kappa shape index (κ3) is 2.77. The molecule has 104 valence electrons. The van der Waals surface area contributed by atoms with Crippen LogP contribution in [0, 0.1) is 17.5 Å². The van der Waals surface area contributed by atoms with E-state index in [9.17, 15) is 18.0 Å².